The molecule has 0 aliphatic rings. The summed E-state index contributed by atoms with van der Waals surface area (Å²) in [6.45, 7) is 4.04. The molecule has 0 radical (unpaired) electrons. The number of anilines is 1. The van der Waals surface area contributed by atoms with Crippen LogP contribution in [-0.2, 0) is 4.74 Å². The molecule has 1 aromatic heterocycles. The van der Waals surface area contributed by atoms with Gasteiger partial charge < -0.3 is 15.0 Å². The number of aromatic nitrogens is 2. The van der Waals surface area contributed by atoms with Crippen LogP contribution in [0.15, 0.2) is 42.5 Å². The number of H-pyrrole nitrogens is 1. The van der Waals surface area contributed by atoms with Crippen molar-refractivity contribution in [2.24, 2.45) is 0 Å². The maximum Gasteiger partial charge on any atom is 0.338 e. The lowest BCUT2D eigenvalue weighted by Gasteiger charge is -2.02. The lowest BCUT2D eigenvalue weighted by atomic mass is 10.2. The van der Waals surface area contributed by atoms with Crippen molar-refractivity contribution in [2.75, 3.05) is 11.9 Å². The second-order valence-electron chi connectivity index (χ2n) is 5.36. The third-order valence-electron chi connectivity index (χ3n) is 3.52. The Morgan fingerprint density at radius 3 is 2.62 bits per heavy atom. The Bertz CT molecular complexity index is 898. The van der Waals surface area contributed by atoms with Crippen LogP contribution in [0.4, 0.5) is 5.69 Å². The van der Waals surface area contributed by atoms with Crippen LogP contribution in [0.3, 0.4) is 0 Å². The molecule has 3 aromatic rings. The number of hydrogen-bond donors (Lipinski definition) is 2. The number of aromatic amines is 1. The average molecular weight is 323 g/mol. The highest BCUT2D eigenvalue weighted by molar-refractivity contribution is 6.04. The minimum absolute atomic E-state index is 0.187. The molecular weight excluding hydrogens is 306 g/mol. The van der Waals surface area contributed by atoms with E-state index in [1.807, 2.05) is 31.2 Å². The number of hydrogen-bond acceptors (Lipinski definition) is 4. The van der Waals surface area contributed by atoms with E-state index in [9.17, 15) is 9.59 Å². The van der Waals surface area contributed by atoms with Crippen molar-refractivity contribution in [2.45, 2.75) is 13.8 Å². The van der Waals surface area contributed by atoms with Crippen molar-refractivity contribution in [3.8, 4) is 0 Å². The number of rotatable bonds is 4. The van der Waals surface area contributed by atoms with Gasteiger partial charge in [0.2, 0.25) is 0 Å². The second-order valence-corrected chi connectivity index (χ2v) is 5.36. The molecular formula is C18H17N3O3. The van der Waals surface area contributed by atoms with Crippen LogP contribution in [-0.4, -0.2) is 28.5 Å². The van der Waals surface area contributed by atoms with Crippen LogP contribution in [0.1, 0.15) is 33.5 Å². The molecule has 0 atom stereocenters. The number of aryl methyl sites for hydroxylation is 1. The van der Waals surface area contributed by atoms with Crippen molar-refractivity contribution >= 4 is 28.6 Å². The van der Waals surface area contributed by atoms with Gasteiger partial charge >= 0.3 is 5.97 Å². The van der Waals surface area contributed by atoms with E-state index in [1.165, 1.54) is 0 Å². The number of benzene rings is 2. The van der Waals surface area contributed by atoms with Crippen molar-refractivity contribution < 1.29 is 14.3 Å². The molecule has 0 unspecified atom stereocenters. The van der Waals surface area contributed by atoms with E-state index in [1.54, 1.807) is 25.1 Å². The number of carbonyl (C=O) groups excluding carboxylic acids is 2. The molecule has 3 rings (SSSR count). The number of esters is 1. The summed E-state index contributed by atoms with van der Waals surface area (Å²) in [5.41, 5.74) is 3.44. The van der Waals surface area contributed by atoms with E-state index in [0.717, 1.165) is 5.56 Å². The zero-order valence-electron chi connectivity index (χ0n) is 13.4. The molecule has 0 saturated heterocycles. The second kappa shape index (κ2) is 6.54. The summed E-state index contributed by atoms with van der Waals surface area (Å²) in [4.78, 5) is 31.2. The zero-order valence-corrected chi connectivity index (χ0v) is 13.4. The molecule has 0 aliphatic carbocycles. The Morgan fingerprint density at radius 2 is 1.92 bits per heavy atom. The van der Waals surface area contributed by atoms with E-state index in [4.69, 9.17) is 4.74 Å². The van der Waals surface area contributed by atoms with E-state index < -0.39 is 5.97 Å². The minimum Gasteiger partial charge on any atom is -0.462 e. The molecule has 0 aliphatic heterocycles. The van der Waals surface area contributed by atoms with Gasteiger partial charge in [0, 0.05) is 5.69 Å². The Balaban J connectivity index is 1.83. The van der Waals surface area contributed by atoms with Gasteiger partial charge in [-0.15, -0.1) is 0 Å². The van der Waals surface area contributed by atoms with E-state index in [0.29, 0.717) is 28.9 Å². The Morgan fingerprint density at radius 1 is 1.17 bits per heavy atom. The van der Waals surface area contributed by atoms with Gasteiger partial charge in [-0.2, -0.15) is 0 Å². The van der Waals surface area contributed by atoms with E-state index in [-0.39, 0.29) is 11.7 Å². The summed E-state index contributed by atoms with van der Waals surface area (Å²) in [5, 5.41) is 2.78. The number of nitrogens with zero attached hydrogens (tertiary/aromatic N) is 1. The van der Waals surface area contributed by atoms with Gasteiger partial charge in [0.25, 0.3) is 5.91 Å². The molecule has 0 fully saturated rings. The average Bonchev–Trinajstić information content (AvgIpc) is 3.00. The van der Waals surface area contributed by atoms with Gasteiger partial charge in [-0.25, -0.2) is 9.78 Å². The first-order chi connectivity index (χ1) is 11.6. The van der Waals surface area contributed by atoms with Crippen LogP contribution in [0.2, 0.25) is 0 Å². The summed E-state index contributed by atoms with van der Waals surface area (Å²) >= 11 is 0. The molecule has 2 N–H and O–H groups in total. The van der Waals surface area contributed by atoms with Crippen LogP contribution in [0, 0.1) is 6.92 Å². The normalized spacial score (nSPS) is 10.6. The molecule has 24 heavy (non-hydrogen) atoms. The number of imidazole rings is 1. The molecule has 6 heteroatoms. The quantitative estimate of drug-likeness (QED) is 0.722. The number of nitrogens with one attached hydrogen (secondary N) is 2. The number of amides is 1. The fraction of sp³-hybridized carbons (Fsp3) is 0.167. The number of fused-ring (bicyclic) bond motifs is 1. The summed E-state index contributed by atoms with van der Waals surface area (Å²) in [6, 6.07) is 12.4. The Labute approximate surface area is 138 Å². The van der Waals surface area contributed by atoms with Crippen molar-refractivity contribution in [3.05, 3.63) is 59.4 Å². The van der Waals surface area contributed by atoms with Crippen LogP contribution >= 0.6 is 0 Å². The third-order valence-corrected chi connectivity index (χ3v) is 3.52. The standard InChI is InChI=1S/C18H17N3O3/c1-3-24-18(23)12-6-9-14-15(10-12)21-16(20-14)17(22)19-13-7-4-11(2)5-8-13/h4-10H,3H2,1-2H3,(H,19,22)(H,20,21). The molecule has 2 aromatic carbocycles. The highest BCUT2D eigenvalue weighted by atomic mass is 16.5. The molecule has 0 bridgehead atoms. The molecule has 122 valence electrons. The molecule has 6 nitrogen and oxygen atoms in total. The van der Waals surface area contributed by atoms with Gasteiger partial charge in [-0.05, 0) is 44.2 Å². The Kier molecular flexibility index (Phi) is 4.29. The molecule has 1 heterocycles. The van der Waals surface area contributed by atoms with Crippen molar-refractivity contribution in [1.82, 2.24) is 9.97 Å². The fourth-order valence-electron chi connectivity index (χ4n) is 2.29. The maximum absolute atomic E-state index is 12.3. The van der Waals surface area contributed by atoms with E-state index in [2.05, 4.69) is 15.3 Å². The predicted molar refractivity (Wildman–Crippen MR) is 91.2 cm³/mol. The molecule has 1 amide bonds. The van der Waals surface area contributed by atoms with Crippen LogP contribution in [0.25, 0.3) is 11.0 Å². The van der Waals surface area contributed by atoms with Gasteiger partial charge in [-0.3, -0.25) is 4.79 Å². The lowest BCUT2D eigenvalue weighted by molar-refractivity contribution is 0.0526. The highest BCUT2D eigenvalue weighted by Gasteiger charge is 2.14. The van der Waals surface area contributed by atoms with Gasteiger partial charge in [0.1, 0.15) is 0 Å². The Hall–Kier alpha value is -3.15. The lowest BCUT2D eigenvalue weighted by Crippen LogP contribution is -2.13. The summed E-state index contributed by atoms with van der Waals surface area (Å²) in [6.07, 6.45) is 0. The third kappa shape index (κ3) is 3.27. The zero-order chi connectivity index (χ0) is 17.1. The first kappa shape index (κ1) is 15.7. The maximum atomic E-state index is 12.3. The number of carbonyl (C=O) groups is 2. The van der Waals surface area contributed by atoms with E-state index >= 15 is 0 Å². The van der Waals surface area contributed by atoms with Crippen molar-refractivity contribution in [3.63, 3.8) is 0 Å². The van der Waals surface area contributed by atoms with Crippen molar-refractivity contribution in [1.29, 1.82) is 0 Å². The van der Waals surface area contributed by atoms with Gasteiger partial charge in [0.15, 0.2) is 5.82 Å². The number of ether oxygens (including phenoxy) is 1. The molecule has 0 saturated carbocycles. The summed E-state index contributed by atoms with van der Waals surface area (Å²) in [7, 11) is 0. The predicted octanol–water partition coefficient (Wildman–Crippen LogP) is 3.30. The van der Waals surface area contributed by atoms with Crippen LogP contribution < -0.4 is 5.32 Å². The minimum atomic E-state index is -0.403. The molecule has 0 spiro atoms. The largest absolute Gasteiger partial charge is 0.462 e. The van der Waals surface area contributed by atoms with Gasteiger partial charge in [-0.1, -0.05) is 17.7 Å². The first-order valence-electron chi connectivity index (χ1n) is 7.61. The SMILES string of the molecule is CCOC(=O)c1ccc2nc(C(=O)Nc3ccc(C)cc3)[nH]c2c1. The highest BCUT2D eigenvalue weighted by Crippen LogP contribution is 2.16. The topological polar surface area (TPSA) is 84.1 Å². The fourth-order valence-corrected chi connectivity index (χ4v) is 2.29. The van der Waals surface area contributed by atoms with Crippen LogP contribution in [0.5, 0.6) is 0 Å². The first-order valence-corrected chi connectivity index (χ1v) is 7.61. The summed E-state index contributed by atoms with van der Waals surface area (Å²) < 4.78 is 4.97. The monoisotopic (exact) mass is 323 g/mol. The van der Waals surface area contributed by atoms with Gasteiger partial charge in [0.05, 0.1) is 23.2 Å². The smallest absolute Gasteiger partial charge is 0.338 e. The summed E-state index contributed by atoms with van der Waals surface area (Å²) in [5.74, 6) is -0.557.